The molecule has 0 spiro atoms. The summed E-state index contributed by atoms with van der Waals surface area (Å²) in [6.45, 7) is 2.98. The first kappa shape index (κ1) is 12.5. The SMILES string of the molecule is CC(C)(O)O.O=CC1OCCC1F. The summed E-state index contributed by atoms with van der Waals surface area (Å²) in [5.41, 5.74) is 0. The summed E-state index contributed by atoms with van der Waals surface area (Å²) in [5, 5.41) is 16.2. The van der Waals surface area contributed by atoms with E-state index < -0.39 is 18.1 Å². The summed E-state index contributed by atoms with van der Waals surface area (Å²) in [6, 6.07) is 0. The Labute approximate surface area is 76.3 Å². The molecule has 0 aromatic heterocycles. The summed E-state index contributed by atoms with van der Waals surface area (Å²) in [6.07, 6.45) is -0.969. The zero-order chi connectivity index (χ0) is 10.5. The van der Waals surface area contributed by atoms with E-state index >= 15 is 0 Å². The maximum Gasteiger partial charge on any atom is 0.156 e. The number of hydrogen-bond acceptors (Lipinski definition) is 4. The van der Waals surface area contributed by atoms with E-state index in [0.29, 0.717) is 19.3 Å². The molecule has 2 N–H and O–H groups in total. The molecule has 4 nitrogen and oxygen atoms in total. The molecule has 2 atom stereocenters. The molecule has 1 heterocycles. The van der Waals surface area contributed by atoms with Crippen LogP contribution in [0.3, 0.4) is 0 Å². The van der Waals surface area contributed by atoms with Gasteiger partial charge in [-0.15, -0.1) is 0 Å². The minimum atomic E-state index is -1.50. The van der Waals surface area contributed by atoms with E-state index in [1.807, 2.05) is 0 Å². The number of rotatable bonds is 1. The lowest BCUT2D eigenvalue weighted by atomic mass is 10.2. The summed E-state index contributed by atoms with van der Waals surface area (Å²) in [5.74, 6) is -1.50. The van der Waals surface area contributed by atoms with Crippen molar-refractivity contribution in [3.05, 3.63) is 0 Å². The van der Waals surface area contributed by atoms with Gasteiger partial charge in [-0.3, -0.25) is 0 Å². The van der Waals surface area contributed by atoms with Crippen LogP contribution in [0.25, 0.3) is 0 Å². The van der Waals surface area contributed by atoms with E-state index in [1.54, 1.807) is 0 Å². The van der Waals surface area contributed by atoms with Gasteiger partial charge in [0.2, 0.25) is 0 Å². The third-order valence-electron chi connectivity index (χ3n) is 1.19. The molecule has 1 saturated heterocycles. The molecule has 1 aliphatic rings. The lowest BCUT2D eigenvalue weighted by Crippen LogP contribution is -2.17. The van der Waals surface area contributed by atoms with Crippen molar-refractivity contribution in [3.8, 4) is 0 Å². The lowest BCUT2D eigenvalue weighted by Gasteiger charge is -2.03. The molecule has 0 saturated carbocycles. The molecule has 0 amide bonds. The van der Waals surface area contributed by atoms with Crippen molar-refractivity contribution >= 4 is 6.29 Å². The Morgan fingerprint density at radius 2 is 2.00 bits per heavy atom. The normalized spacial score (nSPS) is 27.8. The van der Waals surface area contributed by atoms with Crippen LogP contribution in [-0.4, -0.2) is 41.2 Å². The maximum absolute atomic E-state index is 12.2. The van der Waals surface area contributed by atoms with Crippen LogP contribution < -0.4 is 0 Å². The second kappa shape index (κ2) is 5.26. The van der Waals surface area contributed by atoms with Crippen LogP contribution in [0.1, 0.15) is 20.3 Å². The number of carbonyl (C=O) groups is 1. The Kier molecular flexibility index (Phi) is 5.05. The maximum atomic E-state index is 12.2. The van der Waals surface area contributed by atoms with E-state index in [2.05, 4.69) is 4.74 Å². The molecule has 0 aromatic carbocycles. The zero-order valence-electron chi connectivity index (χ0n) is 7.74. The first-order chi connectivity index (χ1) is 5.84. The zero-order valence-corrected chi connectivity index (χ0v) is 7.74. The van der Waals surface area contributed by atoms with Crippen molar-refractivity contribution in [1.29, 1.82) is 0 Å². The molecule has 1 rings (SSSR count). The van der Waals surface area contributed by atoms with Crippen LogP contribution in [0.5, 0.6) is 0 Å². The van der Waals surface area contributed by atoms with Crippen LogP contribution in [0.15, 0.2) is 0 Å². The first-order valence-corrected chi connectivity index (χ1v) is 4.00. The largest absolute Gasteiger partial charge is 0.368 e. The highest BCUT2D eigenvalue weighted by Crippen LogP contribution is 2.14. The second-order valence-electron chi connectivity index (χ2n) is 3.27. The van der Waals surface area contributed by atoms with Gasteiger partial charge in [-0.2, -0.15) is 0 Å². The number of carbonyl (C=O) groups excluding carboxylic acids is 1. The fourth-order valence-corrected chi connectivity index (χ4v) is 0.710. The number of alkyl halides is 1. The number of ether oxygens (including phenoxy) is 1. The van der Waals surface area contributed by atoms with E-state index in [0.717, 1.165) is 0 Å². The monoisotopic (exact) mass is 194 g/mol. The Hall–Kier alpha value is -0.520. The molecule has 78 valence electrons. The molecule has 0 aliphatic carbocycles. The quantitative estimate of drug-likeness (QED) is 0.456. The van der Waals surface area contributed by atoms with Gasteiger partial charge in [-0.1, -0.05) is 0 Å². The van der Waals surface area contributed by atoms with E-state index in [4.69, 9.17) is 10.2 Å². The van der Waals surface area contributed by atoms with E-state index in [-0.39, 0.29) is 0 Å². The predicted octanol–water partition coefficient (Wildman–Crippen LogP) is 0.0194. The molecular weight excluding hydrogens is 179 g/mol. The Balaban J connectivity index is 0.000000252. The highest BCUT2D eigenvalue weighted by Gasteiger charge is 2.26. The van der Waals surface area contributed by atoms with Crippen molar-refractivity contribution in [2.75, 3.05) is 6.61 Å². The molecule has 1 aliphatic heterocycles. The first-order valence-electron chi connectivity index (χ1n) is 4.00. The van der Waals surface area contributed by atoms with Crippen molar-refractivity contribution in [1.82, 2.24) is 0 Å². The Morgan fingerprint density at radius 3 is 2.15 bits per heavy atom. The van der Waals surface area contributed by atoms with Crippen LogP contribution >= 0.6 is 0 Å². The highest BCUT2D eigenvalue weighted by molar-refractivity contribution is 5.57. The molecule has 2 unspecified atom stereocenters. The van der Waals surface area contributed by atoms with Gasteiger partial charge >= 0.3 is 0 Å². The van der Waals surface area contributed by atoms with Gasteiger partial charge in [-0.05, 0) is 13.8 Å². The number of hydrogen-bond donors (Lipinski definition) is 2. The standard InChI is InChI=1S/C5H7FO2.C3H8O2/c6-4-1-2-8-5(4)3-7;1-3(2,4)5/h3-5H,1-2H2;4-5H,1-2H3. The van der Waals surface area contributed by atoms with Crippen LogP contribution in [-0.2, 0) is 9.53 Å². The molecule has 5 heteroatoms. The number of aldehydes is 1. The summed E-state index contributed by atoms with van der Waals surface area (Å²) in [7, 11) is 0. The molecule has 0 aromatic rings. The van der Waals surface area contributed by atoms with Gasteiger partial charge in [0.15, 0.2) is 12.1 Å². The fraction of sp³-hybridized carbons (Fsp3) is 0.875. The smallest absolute Gasteiger partial charge is 0.156 e. The second-order valence-corrected chi connectivity index (χ2v) is 3.27. The van der Waals surface area contributed by atoms with Gasteiger partial charge in [0.25, 0.3) is 0 Å². The molecule has 0 radical (unpaired) electrons. The fourth-order valence-electron chi connectivity index (χ4n) is 0.710. The van der Waals surface area contributed by atoms with Gasteiger partial charge in [0, 0.05) is 6.42 Å². The summed E-state index contributed by atoms with van der Waals surface area (Å²) in [4.78, 5) is 9.85. The average Bonchev–Trinajstić information content (AvgIpc) is 2.31. The van der Waals surface area contributed by atoms with Crippen molar-refractivity contribution in [3.63, 3.8) is 0 Å². The van der Waals surface area contributed by atoms with Crippen molar-refractivity contribution < 1.29 is 24.1 Å². The highest BCUT2D eigenvalue weighted by atomic mass is 19.1. The van der Waals surface area contributed by atoms with Gasteiger partial charge in [-0.25, -0.2) is 4.39 Å². The Bertz CT molecular complexity index is 149. The minimum absolute atomic E-state index is 0.364. The van der Waals surface area contributed by atoms with Gasteiger partial charge in [0.1, 0.15) is 12.3 Å². The number of aliphatic hydroxyl groups is 2. The lowest BCUT2D eigenvalue weighted by molar-refractivity contribution is -0.127. The Morgan fingerprint density at radius 1 is 1.54 bits per heavy atom. The molecule has 13 heavy (non-hydrogen) atoms. The summed E-state index contributed by atoms with van der Waals surface area (Å²) >= 11 is 0. The van der Waals surface area contributed by atoms with Crippen molar-refractivity contribution in [2.45, 2.75) is 38.3 Å². The van der Waals surface area contributed by atoms with Gasteiger partial charge < -0.3 is 19.7 Å². The van der Waals surface area contributed by atoms with Crippen LogP contribution in [0.2, 0.25) is 0 Å². The van der Waals surface area contributed by atoms with E-state index in [1.165, 1.54) is 13.8 Å². The summed E-state index contributed by atoms with van der Waals surface area (Å²) < 4.78 is 16.9. The third-order valence-corrected chi connectivity index (χ3v) is 1.19. The van der Waals surface area contributed by atoms with Gasteiger partial charge in [0.05, 0.1) is 6.61 Å². The van der Waals surface area contributed by atoms with Crippen LogP contribution in [0.4, 0.5) is 4.39 Å². The molecule has 1 fully saturated rings. The average molecular weight is 194 g/mol. The molecular formula is C8H15FO4. The van der Waals surface area contributed by atoms with E-state index in [9.17, 15) is 9.18 Å². The minimum Gasteiger partial charge on any atom is -0.368 e. The predicted molar refractivity (Wildman–Crippen MR) is 43.8 cm³/mol. The van der Waals surface area contributed by atoms with Crippen LogP contribution in [0, 0.1) is 0 Å². The van der Waals surface area contributed by atoms with Crippen molar-refractivity contribution in [2.24, 2.45) is 0 Å². The molecule has 0 bridgehead atoms. The number of halogens is 1. The third kappa shape index (κ3) is 7.83. The topological polar surface area (TPSA) is 66.8 Å².